The molecule has 2 nitrogen and oxygen atoms in total. The van der Waals surface area contributed by atoms with Gasteiger partial charge in [0.2, 0.25) is 0 Å². The molecule has 0 saturated heterocycles. The Labute approximate surface area is 90.4 Å². The fraction of sp³-hybridized carbons (Fsp3) is 0.182. The minimum Gasteiger partial charge on any atom is -0.321 e. The second kappa shape index (κ2) is 4.00. The molecule has 0 aliphatic carbocycles. The number of benzene rings is 1. The van der Waals surface area contributed by atoms with Gasteiger partial charge in [-0.05, 0) is 5.56 Å². The molecule has 0 fully saturated rings. The molecule has 1 aromatic heterocycles. The van der Waals surface area contributed by atoms with E-state index in [9.17, 15) is 13.2 Å². The molecule has 0 bridgehead atoms. The van der Waals surface area contributed by atoms with Crippen LogP contribution in [0.2, 0.25) is 0 Å². The highest BCUT2D eigenvalue weighted by Gasteiger charge is 2.41. The van der Waals surface area contributed by atoms with Crippen molar-refractivity contribution in [3.63, 3.8) is 0 Å². The average Bonchev–Trinajstić information content (AvgIpc) is 2.71. The molecule has 2 aromatic rings. The van der Waals surface area contributed by atoms with Crippen LogP contribution in [0.15, 0.2) is 49.1 Å². The quantitative estimate of drug-likeness (QED) is 0.769. The van der Waals surface area contributed by atoms with Crippen LogP contribution in [-0.4, -0.2) is 15.7 Å². The van der Waals surface area contributed by atoms with Crippen LogP contribution in [0, 0.1) is 0 Å². The van der Waals surface area contributed by atoms with Crippen molar-refractivity contribution < 1.29 is 13.2 Å². The second-order valence-corrected chi connectivity index (χ2v) is 3.36. The molecule has 2 rings (SSSR count). The number of alkyl halides is 3. The first-order valence-corrected chi connectivity index (χ1v) is 4.68. The zero-order valence-corrected chi connectivity index (χ0v) is 8.22. The third kappa shape index (κ3) is 2.08. The second-order valence-electron chi connectivity index (χ2n) is 3.36. The summed E-state index contributed by atoms with van der Waals surface area (Å²) in [5, 5.41) is 0. The van der Waals surface area contributed by atoms with Crippen LogP contribution in [-0.2, 0) is 0 Å². The van der Waals surface area contributed by atoms with E-state index >= 15 is 0 Å². The van der Waals surface area contributed by atoms with Crippen molar-refractivity contribution in [1.82, 2.24) is 9.55 Å². The Kier molecular flexibility index (Phi) is 2.68. The number of nitrogens with zero attached hydrogens (tertiary/aromatic N) is 2. The van der Waals surface area contributed by atoms with Gasteiger partial charge >= 0.3 is 6.18 Å². The maximum absolute atomic E-state index is 12.9. The summed E-state index contributed by atoms with van der Waals surface area (Å²) in [7, 11) is 0. The summed E-state index contributed by atoms with van der Waals surface area (Å²) in [5.41, 5.74) is 0.202. The molecule has 84 valence electrons. The van der Waals surface area contributed by atoms with E-state index in [1.165, 1.54) is 30.9 Å². The van der Waals surface area contributed by atoms with Crippen molar-refractivity contribution in [3.05, 3.63) is 54.6 Å². The minimum atomic E-state index is -4.33. The number of rotatable bonds is 2. The third-order valence-electron chi connectivity index (χ3n) is 2.25. The summed E-state index contributed by atoms with van der Waals surface area (Å²) in [6.07, 6.45) is -0.514. The lowest BCUT2D eigenvalue weighted by Crippen LogP contribution is -2.26. The highest BCUT2D eigenvalue weighted by Crippen LogP contribution is 2.35. The van der Waals surface area contributed by atoms with Crippen molar-refractivity contribution >= 4 is 0 Å². The first-order valence-electron chi connectivity index (χ1n) is 4.68. The van der Waals surface area contributed by atoms with E-state index in [2.05, 4.69) is 4.98 Å². The molecular formula is C11H9F3N2. The van der Waals surface area contributed by atoms with Crippen molar-refractivity contribution in [2.24, 2.45) is 0 Å². The Morgan fingerprint density at radius 1 is 1.12 bits per heavy atom. The zero-order chi connectivity index (χ0) is 11.6. The molecule has 1 heterocycles. The Morgan fingerprint density at radius 2 is 1.81 bits per heavy atom. The molecule has 1 atom stereocenters. The van der Waals surface area contributed by atoms with Crippen molar-refractivity contribution in [2.75, 3.05) is 0 Å². The van der Waals surface area contributed by atoms with Gasteiger partial charge in [0.05, 0.1) is 6.33 Å². The summed E-state index contributed by atoms with van der Waals surface area (Å²) >= 11 is 0. The summed E-state index contributed by atoms with van der Waals surface area (Å²) in [5.74, 6) is 0. The molecule has 0 N–H and O–H groups in total. The van der Waals surface area contributed by atoms with E-state index in [-0.39, 0.29) is 5.56 Å². The molecule has 1 aromatic carbocycles. The van der Waals surface area contributed by atoms with E-state index in [1.807, 2.05) is 0 Å². The first-order chi connectivity index (χ1) is 7.59. The van der Waals surface area contributed by atoms with E-state index in [4.69, 9.17) is 0 Å². The van der Waals surface area contributed by atoms with Crippen LogP contribution in [0.25, 0.3) is 0 Å². The van der Waals surface area contributed by atoms with Gasteiger partial charge in [-0.3, -0.25) is 0 Å². The van der Waals surface area contributed by atoms with Crippen LogP contribution in [0.4, 0.5) is 13.2 Å². The molecule has 0 radical (unpaired) electrons. The fourth-order valence-corrected chi connectivity index (χ4v) is 1.59. The van der Waals surface area contributed by atoms with Crippen molar-refractivity contribution in [1.29, 1.82) is 0 Å². The number of aromatic nitrogens is 2. The summed E-state index contributed by atoms with van der Waals surface area (Å²) in [4.78, 5) is 3.65. The SMILES string of the molecule is FC(F)(F)C(c1ccccc1)n1ccnc1. The molecule has 0 spiro atoms. The van der Waals surface area contributed by atoms with Gasteiger partial charge in [0, 0.05) is 12.4 Å². The maximum atomic E-state index is 12.9. The van der Waals surface area contributed by atoms with Gasteiger partial charge in [-0.2, -0.15) is 13.2 Å². The molecule has 0 aliphatic heterocycles. The summed E-state index contributed by atoms with van der Waals surface area (Å²) in [6.45, 7) is 0. The molecule has 5 heteroatoms. The topological polar surface area (TPSA) is 17.8 Å². The van der Waals surface area contributed by atoms with Gasteiger partial charge < -0.3 is 4.57 Å². The normalized spacial score (nSPS) is 13.7. The Bertz CT molecular complexity index is 434. The lowest BCUT2D eigenvalue weighted by molar-refractivity contribution is -0.156. The predicted octanol–water partition coefficient (Wildman–Crippen LogP) is 3.03. The van der Waals surface area contributed by atoms with Crippen molar-refractivity contribution in [3.8, 4) is 0 Å². The van der Waals surface area contributed by atoms with E-state index < -0.39 is 12.2 Å². The third-order valence-corrected chi connectivity index (χ3v) is 2.25. The number of halogens is 3. The van der Waals surface area contributed by atoms with Gasteiger partial charge in [-0.1, -0.05) is 30.3 Å². The predicted molar refractivity (Wildman–Crippen MR) is 52.9 cm³/mol. The van der Waals surface area contributed by atoms with Crippen LogP contribution in [0.3, 0.4) is 0 Å². The molecule has 0 aliphatic rings. The van der Waals surface area contributed by atoms with E-state index in [1.54, 1.807) is 18.2 Å². The highest BCUT2D eigenvalue weighted by atomic mass is 19.4. The summed E-state index contributed by atoms with van der Waals surface area (Å²) in [6, 6.07) is 6.10. The monoisotopic (exact) mass is 226 g/mol. The van der Waals surface area contributed by atoms with Crippen LogP contribution >= 0.6 is 0 Å². The lowest BCUT2D eigenvalue weighted by atomic mass is 10.1. The van der Waals surface area contributed by atoms with Gasteiger partial charge in [0.1, 0.15) is 0 Å². The number of imidazole rings is 1. The van der Waals surface area contributed by atoms with Crippen molar-refractivity contribution in [2.45, 2.75) is 12.2 Å². The number of hydrogen-bond acceptors (Lipinski definition) is 1. The maximum Gasteiger partial charge on any atom is 0.413 e. The Balaban J connectivity index is 2.45. The van der Waals surface area contributed by atoms with Gasteiger partial charge in [-0.15, -0.1) is 0 Å². The molecule has 0 saturated carbocycles. The van der Waals surface area contributed by atoms with Gasteiger partial charge in [0.25, 0.3) is 0 Å². The molecular weight excluding hydrogens is 217 g/mol. The first kappa shape index (κ1) is 10.7. The average molecular weight is 226 g/mol. The standard InChI is InChI=1S/C11H9F3N2/c12-11(13,14)10(16-7-6-15-8-16)9-4-2-1-3-5-9/h1-8,10H. The lowest BCUT2D eigenvalue weighted by Gasteiger charge is -2.21. The van der Waals surface area contributed by atoms with Gasteiger partial charge in [0.15, 0.2) is 6.04 Å². The highest BCUT2D eigenvalue weighted by molar-refractivity contribution is 5.21. The fourth-order valence-electron chi connectivity index (χ4n) is 1.59. The molecule has 1 unspecified atom stereocenters. The summed E-state index contributed by atoms with van der Waals surface area (Å²) < 4.78 is 39.8. The molecule has 0 amide bonds. The van der Waals surface area contributed by atoms with E-state index in [0.29, 0.717) is 0 Å². The Morgan fingerprint density at radius 3 is 2.31 bits per heavy atom. The van der Waals surface area contributed by atoms with E-state index in [0.717, 1.165) is 4.57 Å². The van der Waals surface area contributed by atoms with Crippen LogP contribution < -0.4 is 0 Å². The van der Waals surface area contributed by atoms with Crippen LogP contribution in [0.1, 0.15) is 11.6 Å². The zero-order valence-electron chi connectivity index (χ0n) is 8.22. The number of hydrogen-bond donors (Lipinski definition) is 0. The largest absolute Gasteiger partial charge is 0.413 e. The Hall–Kier alpha value is -1.78. The smallest absolute Gasteiger partial charge is 0.321 e. The van der Waals surface area contributed by atoms with Gasteiger partial charge in [-0.25, -0.2) is 4.98 Å². The van der Waals surface area contributed by atoms with Crippen LogP contribution in [0.5, 0.6) is 0 Å². The minimum absolute atomic E-state index is 0.202. The molecule has 16 heavy (non-hydrogen) atoms.